The number of allylic oxidation sites excluding steroid dienone is 1. The van der Waals surface area contributed by atoms with Gasteiger partial charge in [-0.2, -0.15) is 15.0 Å². The van der Waals surface area contributed by atoms with Crippen molar-refractivity contribution in [1.29, 1.82) is 0 Å². The van der Waals surface area contributed by atoms with Crippen molar-refractivity contribution in [2.24, 2.45) is 0 Å². The number of hydrogen-bond acceptors (Lipinski definition) is 9. The molecule has 0 bridgehead atoms. The van der Waals surface area contributed by atoms with Crippen LogP contribution in [0.1, 0.15) is 54.4 Å². The molecule has 0 atom stereocenters. The highest BCUT2D eigenvalue weighted by Crippen LogP contribution is 2.24. The van der Waals surface area contributed by atoms with Gasteiger partial charge in [-0.05, 0) is 74.4 Å². The third-order valence-electron chi connectivity index (χ3n) is 6.82. The number of nitro groups is 1. The van der Waals surface area contributed by atoms with Gasteiger partial charge in [0.2, 0.25) is 17.8 Å². The highest BCUT2D eigenvalue weighted by atomic mass is 16.6. The summed E-state index contributed by atoms with van der Waals surface area (Å²) in [6.45, 7) is 3.79. The first-order valence-corrected chi connectivity index (χ1v) is 13.2. The lowest BCUT2D eigenvalue weighted by Gasteiger charge is -2.30. The summed E-state index contributed by atoms with van der Waals surface area (Å²) in [6, 6.07) is 13.3. The van der Waals surface area contributed by atoms with E-state index in [1.165, 1.54) is 31.1 Å². The zero-order valence-electron chi connectivity index (χ0n) is 21.3. The van der Waals surface area contributed by atoms with Crippen LogP contribution < -0.4 is 15.1 Å². The Balaban J connectivity index is 1.31. The third-order valence-corrected chi connectivity index (χ3v) is 6.82. The van der Waals surface area contributed by atoms with Gasteiger partial charge in [0.25, 0.3) is 5.69 Å². The molecule has 2 aliphatic rings. The lowest BCUT2D eigenvalue weighted by atomic mass is 10.1. The van der Waals surface area contributed by atoms with Crippen LogP contribution in [0.2, 0.25) is 0 Å². The van der Waals surface area contributed by atoms with Crippen molar-refractivity contribution < 1.29 is 9.72 Å². The number of rotatable bonds is 8. The number of nitrogens with zero attached hydrogens (tertiary/aromatic N) is 6. The van der Waals surface area contributed by atoms with Gasteiger partial charge in [0, 0.05) is 49.6 Å². The van der Waals surface area contributed by atoms with Gasteiger partial charge in [-0.15, -0.1) is 0 Å². The molecule has 2 fully saturated rings. The summed E-state index contributed by atoms with van der Waals surface area (Å²) >= 11 is 0. The maximum absolute atomic E-state index is 12.7. The van der Waals surface area contributed by atoms with Crippen LogP contribution in [0, 0.1) is 10.1 Å². The third kappa shape index (κ3) is 6.31. The molecule has 3 aromatic rings. The first kappa shape index (κ1) is 25.3. The number of carbonyl (C=O) groups excluding carboxylic acids is 1. The smallest absolute Gasteiger partial charge is 0.270 e. The number of ketones is 1. The zero-order valence-corrected chi connectivity index (χ0v) is 21.3. The van der Waals surface area contributed by atoms with E-state index in [1.807, 2.05) is 12.1 Å². The number of carbonyl (C=O) groups is 1. The molecule has 0 aliphatic carbocycles. The first-order valence-electron chi connectivity index (χ1n) is 13.2. The molecule has 10 heteroatoms. The highest BCUT2D eigenvalue weighted by Gasteiger charge is 2.20. The van der Waals surface area contributed by atoms with Crippen molar-refractivity contribution in [1.82, 2.24) is 15.0 Å². The normalized spacial score (nSPS) is 16.0. The van der Waals surface area contributed by atoms with Crippen molar-refractivity contribution in [3.8, 4) is 0 Å². The Hall–Kier alpha value is -4.34. The minimum Gasteiger partial charge on any atom is -0.341 e. The lowest BCUT2D eigenvalue weighted by molar-refractivity contribution is -0.384. The average molecular weight is 514 g/mol. The monoisotopic (exact) mass is 513 g/mol. The Kier molecular flexibility index (Phi) is 7.86. The van der Waals surface area contributed by atoms with Gasteiger partial charge in [-0.1, -0.05) is 18.2 Å². The van der Waals surface area contributed by atoms with E-state index in [0.717, 1.165) is 57.5 Å². The fourth-order valence-electron chi connectivity index (χ4n) is 4.74. The van der Waals surface area contributed by atoms with Gasteiger partial charge >= 0.3 is 0 Å². The molecule has 1 aromatic heterocycles. The molecule has 0 spiro atoms. The molecule has 1 N–H and O–H groups in total. The van der Waals surface area contributed by atoms with Gasteiger partial charge in [0.1, 0.15) is 0 Å². The van der Waals surface area contributed by atoms with Crippen LogP contribution >= 0.6 is 0 Å². The Morgan fingerprint density at radius 1 is 0.842 bits per heavy atom. The van der Waals surface area contributed by atoms with Gasteiger partial charge in [0.15, 0.2) is 5.78 Å². The number of aromatic nitrogens is 3. The molecule has 0 radical (unpaired) electrons. The second kappa shape index (κ2) is 11.8. The molecule has 2 aliphatic heterocycles. The van der Waals surface area contributed by atoms with E-state index >= 15 is 0 Å². The fourth-order valence-corrected chi connectivity index (χ4v) is 4.74. The molecule has 0 amide bonds. The van der Waals surface area contributed by atoms with Gasteiger partial charge in [-0.3, -0.25) is 14.9 Å². The number of hydrogen-bond donors (Lipinski definition) is 1. The maximum atomic E-state index is 12.7. The van der Waals surface area contributed by atoms with Crippen LogP contribution in [0.25, 0.3) is 6.08 Å². The van der Waals surface area contributed by atoms with Crippen molar-refractivity contribution in [2.45, 2.75) is 38.5 Å². The molecule has 3 heterocycles. The minimum absolute atomic E-state index is 0.0137. The average Bonchev–Trinajstić information content (AvgIpc) is 2.97. The molecule has 38 heavy (non-hydrogen) atoms. The lowest BCUT2D eigenvalue weighted by Crippen LogP contribution is -2.34. The summed E-state index contributed by atoms with van der Waals surface area (Å²) in [6.07, 6.45) is 10.0. The number of benzene rings is 2. The van der Waals surface area contributed by atoms with E-state index in [9.17, 15) is 14.9 Å². The number of anilines is 4. The fraction of sp³-hybridized carbons (Fsp3) is 0.357. The predicted octanol–water partition coefficient (Wildman–Crippen LogP) is 5.40. The zero-order chi connectivity index (χ0) is 26.3. The minimum atomic E-state index is -0.456. The second-order valence-electron chi connectivity index (χ2n) is 9.61. The van der Waals surface area contributed by atoms with E-state index in [0.29, 0.717) is 29.0 Å². The molecule has 0 unspecified atom stereocenters. The molecule has 5 rings (SSSR count). The quantitative estimate of drug-likeness (QED) is 0.183. The molecule has 2 saturated heterocycles. The van der Waals surface area contributed by atoms with Crippen LogP contribution in [0.4, 0.5) is 29.2 Å². The summed E-state index contributed by atoms with van der Waals surface area (Å²) in [5.74, 6) is 1.72. The van der Waals surface area contributed by atoms with E-state index in [-0.39, 0.29) is 11.5 Å². The molecule has 2 aromatic carbocycles. The Morgan fingerprint density at radius 3 is 2.03 bits per heavy atom. The first-order chi connectivity index (χ1) is 18.5. The van der Waals surface area contributed by atoms with E-state index in [2.05, 4.69) is 15.1 Å². The highest BCUT2D eigenvalue weighted by molar-refractivity contribution is 6.07. The summed E-state index contributed by atoms with van der Waals surface area (Å²) in [5.41, 5.74) is 1.86. The number of piperidine rings is 2. The van der Waals surface area contributed by atoms with Crippen molar-refractivity contribution in [3.63, 3.8) is 0 Å². The van der Waals surface area contributed by atoms with E-state index < -0.39 is 4.92 Å². The van der Waals surface area contributed by atoms with Gasteiger partial charge in [0.05, 0.1) is 4.92 Å². The van der Waals surface area contributed by atoms with Crippen molar-refractivity contribution in [3.05, 3.63) is 75.8 Å². The predicted molar refractivity (Wildman–Crippen MR) is 148 cm³/mol. The topological polar surface area (TPSA) is 117 Å². The number of nitrogens with one attached hydrogen (secondary N) is 1. The van der Waals surface area contributed by atoms with Crippen LogP contribution in [-0.2, 0) is 0 Å². The molecular formula is C28H31N7O3. The maximum Gasteiger partial charge on any atom is 0.270 e. The second-order valence-corrected chi connectivity index (χ2v) is 9.61. The summed E-state index contributed by atoms with van der Waals surface area (Å²) in [5, 5.41) is 14.3. The molecule has 0 saturated carbocycles. The number of nitro benzene ring substituents is 1. The van der Waals surface area contributed by atoms with E-state index in [1.54, 1.807) is 30.3 Å². The summed E-state index contributed by atoms with van der Waals surface area (Å²) in [4.78, 5) is 41.9. The van der Waals surface area contributed by atoms with Crippen LogP contribution in [-0.4, -0.2) is 51.8 Å². The summed E-state index contributed by atoms with van der Waals surface area (Å²) in [7, 11) is 0. The van der Waals surface area contributed by atoms with E-state index in [4.69, 9.17) is 15.0 Å². The molecular weight excluding hydrogens is 482 g/mol. The standard InChI is InChI=1S/C28H31N7O3/c36-25(15-10-21-8-7-9-24(20-21)35(37)38)22-11-13-23(14-12-22)29-26-30-27(33-16-3-1-4-17-33)32-28(31-26)34-18-5-2-6-19-34/h7-15,20H,1-6,16-19H2,(H,29,30,31,32)/b15-10+. The van der Waals surface area contributed by atoms with Gasteiger partial charge in [-0.25, -0.2) is 0 Å². The summed E-state index contributed by atoms with van der Waals surface area (Å²) < 4.78 is 0. The molecule has 10 nitrogen and oxygen atoms in total. The number of non-ortho nitro benzene ring substituents is 1. The van der Waals surface area contributed by atoms with Crippen molar-refractivity contribution in [2.75, 3.05) is 41.3 Å². The Morgan fingerprint density at radius 2 is 1.45 bits per heavy atom. The largest absolute Gasteiger partial charge is 0.341 e. The van der Waals surface area contributed by atoms with Crippen LogP contribution in [0.5, 0.6) is 0 Å². The van der Waals surface area contributed by atoms with Gasteiger partial charge < -0.3 is 15.1 Å². The molecule has 196 valence electrons. The Bertz CT molecular complexity index is 1280. The van der Waals surface area contributed by atoms with Crippen LogP contribution in [0.15, 0.2) is 54.6 Å². The Labute approximate surface area is 221 Å². The van der Waals surface area contributed by atoms with Crippen LogP contribution in [0.3, 0.4) is 0 Å². The SMILES string of the molecule is O=C(/C=C/c1cccc([N+](=O)[O-])c1)c1ccc(Nc2nc(N3CCCCC3)nc(N3CCCCC3)n2)cc1. The van der Waals surface area contributed by atoms with Crippen molar-refractivity contribution >= 4 is 41.1 Å².